The maximum atomic E-state index is 12.4. The average molecular weight is 446 g/mol. The number of para-hydroxylation sites is 1. The first-order valence-corrected chi connectivity index (χ1v) is 10.1. The van der Waals surface area contributed by atoms with Gasteiger partial charge in [0, 0.05) is 5.69 Å². The zero-order valence-corrected chi connectivity index (χ0v) is 18.0. The molecule has 0 radical (unpaired) electrons. The van der Waals surface area contributed by atoms with Crippen LogP contribution in [0.1, 0.15) is 11.1 Å². The van der Waals surface area contributed by atoms with Gasteiger partial charge in [-0.15, -0.1) is 0 Å². The molecule has 0 bridgehead atoms. The molecule has 0 aromatic heterocycles. The number of aryl methyl sites for hydroxylation is 1. The molecule has 0 saturated heterocycles. The Morgan fingerprint density at radius 3 is 2.50 bits per heavy atom. The smallest absolute Gasteiger partial charge is 0.266 e. The Balaban J connectivity index is 1.63. The van der Waals surface area contributed by atoms with Crippen molar-refractivity contribution in [1.29, 1.82) is 5.26 Å². The van der Waals surface area contributed by atoms with Gasteiger partial charge >= 0.3 is 0 Å². The van der Waals surface area contributed by atoms with Gasteiger partial charge in [-0.25, -0.2) is 0 Å². The van der Waals surface area contributed by atoms with E-state index in [-0.39, 0.29) is 18.1 Å². The van der Waals surface area contributed by atoms with Crippen molar-refractivity contribution in [2.75, 3.05) is 17.2 Å². The molecule has 3 aromatic carbocycles. The standard InChI is InChI=1S/C25H20ClN3O3/c1-17-9-11-20(12-10-17)28-25(31)19(15-27)13-18-5-4-6-21(14-18)32-16-24(30)29-23-8-3-2-7-22(23)26/h2-14H,16H2,1H3,(H,28,31)(H,29,30)/b19-13-. The van der Waals surface area contributed by atoms with E-state index in [1.165, 1.54) is 6.08 Å². The maximum Gasteiger partial charge on any atom is 0.266 e. The lowest BCUT2D eigenvalue weighted by molar-refractivity contribution is -0.118. The number of nitrogens with zero attached hydrogens (tertiary/aromatic N) is 1. The zero-order valence-electron chi connectivity index (χ0n) is 17.3. The summed E-state index contributed by atoms with van der Waals surface area (Å²) in [6.45, 7) is 1.72. The fourth-order valence-corrected chi connectivity index (χ4v) is 2.93. The molecule has 6 nitrogen and oxygen atoms in total. The average Bonchev–Trinajstić information content (AvgIpc) is 2.79. The molecule has 0 aliphatic carbocycles. The second-order valence-corrected chi connectivity index (χ2v) is 7.29. The second kappa shape index (κ2) is 10.8. The van der Waals surface area contributed by atoms with Gasteiger partial charge < -0.3 is 15.4 Å². The van der Waals surface area contributed by atoms with E-state index in [0.717, 1.165) is 5.56 Å². The van der Waals surface area contributed by atoms with Crippen LogP contribution in [0.2, 0.25) is 5.02 Å². The quantitative estimate of drug-likeness (QED) is 0.385. The summed E-state index contributed by atoms with van der Waals surface area (Å²) in [5.74, 6) is -0.458. The van der Waals surface area contributed by atoms with Crippen LogP contribution in [-0.4, -0.2) is 18.4 Å². The van der Waals surface area contributed by atoms with Gasteiger partial charge in [-0.3, -0.25) is 9.59 Å². The lowest BCUT2D eigenvalue weighted by Gasteiger charge is -2.09. The third-order valence-electron chi connectivity index (χ3n) is 4.36. The van der Waals surface area contributed by atoms with Gasteiger partial charge in [0.25, 0.3) is 11.8 Å². The third kappa shape index (κ3) is 6.46. The lowest BCUT2D eigenvalue weighted by atomic mass is 10.1. The number of nitriles is 1. The minimum atomic E-state index is -0.512. The second-order valence-electron chi connectivity index (χ2n) is 6.88. The Labute approximate surface area is 191 Å². The molecule has 2 amide bonds. The molecule has 2 N–H and O–H groups in total. The van der Waals surface area contributed by atoms with Crippen LogP contribution in [0.5, 0.6) is 5.75 Å². The number of halogens is 1. The number of carbonyl (C=O) groups excluding carboxylic acids is 2. The highest BCUT2D eigenvalue weighted by molar-refractivity contribution is 6.33. The van der Waals surface area contributed by atoms with Crippen LogP contribution in [0.15, 0.2) is 78.4 Å². The zero-order chi connectivity index (χ0) is 22.9. The van der Waals surface area contributed by atoms with E-state index in [4.69, 9.17) is 16.3 Å². The van der Waals surface area contributed by atoms with E-state index < -0.39 is 5.91 Å². The van der Waals surface area contributed by atoms with Crippen molar-refractivity contribution in [3.8, 4) is 11.8 Å². The minimum absolute atomic E-state index is 0.0563. The molecule has 32 heavy (non-hydrogen) atoms. The first kappa shape index (κ1) is 22.6. The summed E-state index contributed by atoms with van der Waals surface area (Å²) in [6.07, 6.45) is 1.46. The van der Waals surface area contributed by atoms with Crippen LogP contribution in [0.4, 0.5) is 11.4 Å². The van der Waals surface area contributed by atoms with Gasteiger partial charge in [0.1, 0.15) is 17.4 Å². The summed E-state index contributed by atoms with van der Waals surface area (Å²) in [4.78, 5) is 24.6. The Kier molecular flexibility index (Phi) is 7.63. The van der Waals surface area contributed by atoms with Crippen LogP contribution in [0, 0.1) is 18.3 Å². The lowest BCUT2D eigenvalue weighted by Crippen LogP contribution is -2.20. The minimum Gasteiger partial charge on any atom is -0.484 e. The number of anilines is 2. The fraction of sp³-hybridized carbons (Fsp3) is 0.0800. The summed E-state index contributed by atoms with van der Waals surface area (Å²) in [5.41, 5.74) is 2.70. The van der Waals surface area contributed by atoms with Gasteiger partial charge in [0.05, 0.1) is 10.7 Å². The molecule has 0 aliphatic rings. The van der Waals surface area contributed by atoms with Crippen molar-refractivity contribution in [3.63, 3.8) is 0 Å². The fourth-order valence-electron chi connectivity index (χ4n) is 2.74. The molecule has 7 heteroatoms. The number of carbonyl (C=O) groups is 2. The summed E-state index contributed by atoms with van der Waals surface area (Å²) < 4.78 is 5.54. The molecule has 3 rings (SSSR count). The number of hydrogen-bond acceptors (Lipinski definition) is 4. The van der Waals surface area contributed by atoms with Crippen molar-refractivity contribution in [1.82, 2.24) is 0 Å². The molecular weight excluding hydrogens is 426 g/mol. The predicted octanol–water partition coefficient (Wildman–Crippen LogP) is 5.21. The van der Waals surface area contributed by atoms with E-state index in [2.05, 4.69) is 10.6 Å². The van der Waals surface area contributed by atoms with Crippen molar-refractivity contribution in [2.24, 2.45) is 0 Å². The van der Waals surface area contributed by atoms with Gasteiger partial charge in [0.2, 0.25) is 0 Å². The van der Waals surface area contributed by atoms with Crippen LogP contribution >= 0.6 is 11.6 Å². The van der Waals surface area contributed by atoms with Crippen molar-refractivity contribution in [3.05, 3.63) is 94.5 Å². The van der Waals surface area contributed by atoms with Gasteiger partial charge in [0.15, 0.2) is 6.61 Å². The highest BCUT2D eigenvalue weighted by atomic mass is 35.5. The SMILES string of the molecule is Cc1ccc(NC(=O)/C(C#N)=C\c2cccc(OCC(=O)Nc3ccccc3Cl)c2)cc1. The van der Waals surface area contributed by atoms with E-state index in [9.17, 15) is 14.9 Å². The highest BCUT2D eigenvalue weighted by Gasteiger charge is 2.10. The maximum absolute atomic E-state index is 12.4. The summed E-state index contributed by atoms with van der Waals surface area (Å²) >= 11 is 6.03. The summed E-state index contributed by atoms with van der Waals surface area (Å²) in [7, 11) is 0. The molecule has 0 atom stereocenters. The Hall–Kier alpha value is -4.08. The number of nitrogens with one attached hydrogen (secondary N) is 2. The highest BCUT2D eigenvalue weighted by Crippen LogP contribution is 2.21. The monoisotopic (exact) mass is 445 g/mol. The molecule has 0 aliphatic heterocycles. The topological polar surface area (TPSA) is 91.2 Å². The van der Waals surface area contributed by atoms with Crippen LogP contribution in [-0.2, 0) is 9.59 Å². The van der Waals surface area contributed by atoms with Gasteiger partial charge in [-0.1, -0.05) is 53.6 Å². The van der Waals surface area contributed by atoms with Crippen molar-refractivity contribution < 1.29 is 14.3 Å². The van der Waals surface area contributed by atoms with E-state index in [1.807, 2.05) is 25.1 Å². The summed E-state index contributed by atoms with van der Waals surface area (Å²) in [6, 6.07) is 22.8. The van der Waals surface area contributed by atoms with Crippen LogP contribution in [0.3, 0.4) is 0 Å². The van der Waals surface area contributed by atoms with E-state index in [0.29, 0.717) is 27.7 Å². The van der Waals surface area contributed by atoms with Gasteiger partial charge in [-0.05, 0) is 55.0 Å². The van der Waals surface area contributed by atoms with E-state index >= 15 is 0 Å². The Bertz CT molecular complexity index is 1200. The Morgan fingerprint density at radius 1 is 1.03 bits per heavy atom. The molecule has 3 aromatic rings. The predicted molar refractivity (Wildman–Crippen MR) is 125 cm³/mol. The largest absolute Gasteiger partial charge is 0.484 e. The molecular formula is C25H20ClN3O3. The Morgan fingerprint density at radius 2 is 1.78 bits per heavy atom. The number of rotatable bonds is 7. The molecule has 0 spiro atoms. The molecule has 0 fully saturated rings. The number of amides is 2. The van der Waals surface area contributed by atoms with Crippen molar-refractivity contribution >= 4 is 40.9 Å². The van der Waals surface area contributed by atoms with Gasteiger partial charge in [-0.2, -0.15) is 5.26 Å². The first-order chi connectivity index (χ1) is 15.4. The molecule has 0 heterocycles. The van der Waals surface area contributed by atoms with E-state index in [1.54, 1.807) is 60.7 Å². The molecule has 0 saturated carbocycles. The van der Waals surface area contributed by atoms with Crippen LogP contribution in [0.25, 0.3) is 6.08 Å². The number of benzene rings is 3. The number of hydrogen-bond donors (Lipinski definition) is 2. The van der Waals surface area contributed by atoms with Crippen LogP contribution < -0.4 is 15.4 Å². The normalized spacial score (nSPS) is 10.7. The molecule has 0 unspecified atom stereocenters. The number of ether oxygens (including phenoxy) is 1. The van der Waals surface area contributed by atoms with Crippen molar-refractivity contribution in [2.45, 2.75) is 6.92 Å². The molecule has 160 valence electrons. The first-order valence-electron chi connectivity index (χ1n) is 9.71. The third-order valence-corrected chi connectivity index (χ3v) is 4.69. The summed E-state index contributed by atoms with van der Waals surface area (Å²) in [5, 5.41) is 15.2.